The molecular weight excluding hydrogens is 614 g/mol. The van der Waals surface area contributed by atoms with Crippen LogP contribution in [0.3, 0.4) is 0 Å². The maximum absolute atomic E-state index is 13.6. The lowest BCUT2D eigenvalue weighted by Crippen LogP contribution is -2.59. The number of anilines is 1. The van der Waals surface area contributed by atoms with Crippen LogP contribution < -0.4 is 4.90 Å². The van der Waals surface area contributed by atoms with Crippen LogP contribution >= 0.6 is 12.2 Å². The molecule has 1 N–H and O–H groups in total. The Morgan fingerprint density at radius 3 is 2.38 bits per heavy atom. The molecule has 9 nitrogen and oxygen atoms in total. The standard InChI is InChI=1S/C27H31F3N4O5S3/c1-26(35,27(28,29)30)21-9-11-22(12-10-21)34-15-14-32(42(38,39)25-8-4-3-7-24(25)40)18-23(34)19-33(41(2,36)37)17-20-6-5-13-31-16-20/h3-6,8-13,16,23,35H,7,14-15,17-19H2,1-2H3/t23-,26-/m1/s1. The number of thiocarbonyl (C=S) groups is 1. The van der Waals surface area contributed by atoms with Gasteiger partial charge in [-0.2, -0.15) is 21.8 Å². The van der Waals surface area contributed by atoms with E-state index in [2.05, 4.69) is 4.98 Å². The lowest BCUT2D eigenvalue weighted by atomic mass is 9.95. The summed E-state index contributed by atoms with van der Waals surface area (Å²) < 4.78 is 95.6. The Morgan fingerprint density at radius 1 is 1.12 bits per heavy atom. The number of allylic oxidation sites excluding steroid dienone is 4. The third-order valence-corrected chi connectivity index (χ3v) is 11.0. The maximum atomic E-state index is 13.6. The lowest BCUT2D eigenvalue weighted by Gasteiger charge is -2.44. The van der Waals surface area contributed by atoms with Crippen molar-refractivity contribution in [2.75, 3.05) is 37.3 Å². The number of rotatable bonds is 9. The molecule has 15 heteroatoms. The number of hydrogen-bond acceptors (Lipinski definition) is 8. The van der Waals surface area contributed by atoms with E-state index in [0.717, 1.165) is 18.4 Å². The largest absolute Gasteiger partial charge is 0.421 e. The van der Waals surface area contributed by atoms with Crippen molar-refractivity contribution in [3.05, 3.63) is 83.1 Å². The van der Waals surface area contributed by atoms with Gasteiger partial charge in [0.25, 0.3) is 0 Å². The lowest BCUT2D eigenvalue weighted by molar-refractivity contribution is -0.258. The molecule has 2 aliphatic rings. The van der Waals surface area contributed by atoms with Gasteiger partial charge in [-0.3, -0.25) is 4.98 Å². The number of nitrogens with zero attached hydrogens (tertiary/aromatic N) is 4. The van der Waals surface area contributed by atoms with Crippen LogP contribution in [-0.2, 0) is 32.2 Å². The summed E-state index contributed by atoms with van der Waals surface area (Å²) in [6.45, 7) is 0.580. The molecule has 1 aromatic heterocycles. The first-order chi connectivity index (χ1) is 19.5. The Balaban J connectivity index is 1.69. The highest BCUT2D eigenvalue weighted by atomic mass is 32.2. The molecule has 42 heavy (non-hydrogen) atoms. The summed E-state index contributed by atoms with van der Waals surface area (Å²) in [5.41, 5.74) is -2.37. The molecular formula is C27H31F3N4O5S3. The summed E-state index contributed by atoms with van der Waals surface area (Å²) in [6.07, 6.45) is 4.36. The van der Waals surface area contributed by atoms with Gasteiger partial charge in [0.2, 0.25) is 20.0 Å². The average molecular weight is 645 g/mol. The topological polar surface area (TPSA) is 111 Å². The molecule has 2 atom stereocenters. The first kappa shape index (κ1) is 32.2. The second-order valence-electron chi connectivity index (χ2n) is 10.3. The van der Waals surface area contributed by atoms with Gasteiger partial charge in [0.05, 0.1) is 17.2 Å². The van der Waals surface area contributed by atoms with E-state index in [9.17, 15) is 35.1 Å². The summed E-state index contributed by atoms with van der Waals surface area (Å²) >= 11 is 5.30. The van der Waals surface area contributed by atoms with Crippen molar-refractivity contribution in [3.8, 4) is 0 Å². The molecule has 228 valence electrons. The Kier molecular flexibility index (Phi) is 9.31. The molecule has 2 aromatic rings. The number of halogens is 3. The number of piperazine rings is 1. The van der Waals surface area contributed by atoms with Crippen LogP contribution in [0.4, 0.5) is 18.9 Å². The van der Waals surface area contributed by atoms with E-state index >= 15 is 0 Å². The van der Waals surface area contributed by atoms with Crippen LogP contribution in [0.5, 0.6) is 0 Å². The number of alkyl halides is 3. The van der Waals surface area contributed by atoms with Crippen LogP contribution in [0.25, 0.3) is 0 Å². The number of aromatic nitrogens is 1. The maximum Gasteiger partial charge on any atom is 0.421 e. The van der Waals surface area contributed by atoms with Crippen LogP contribution in [0, 0.1) is 0 Å². The summed E-state index contributed by atoms with van der Waals surface area (Å²) in [4.78, 5) is 6.10. The molecule has 2 heterocycles. The zero-order chi connectivity index (χ0) is 30.9. The van der Waals surface area contributed by atoms with Crippen molar-refractivity contribution in [2.24, 2.45) is 0 Å². The van der Waals surface area contributed by atoms with Crippen LogP contribution in [-0.4, -0.2) is 85.1 Å². The van der Waals surface area contributed by atoms with E-state index in [1.54, 1.807) is 35.4 Å². The molecule has 0 amide bonds. The van der Waals surface area contributed by atoms with Gasteiger partial charge in [0, 0.05) is 62.1 Å². The normalized spacial score (nSPS) is 20.5. The van der Waals surface area contributed by atoms with Gasteiger partial charge in [-0.15, -0.1) is 0 Å². The molecule has 0 radical (unpaired) electrons. The Morgan fingerprint density at radius 2 is 1.81 bits per heavy atom. The van der Waals surface area contributed by atoms with Gasteiger partial charge >= 0.3 is 6.18 Å². The number of hydrogen-bond donors (Lipinski definition) is 1. The van der Waals surface area contributed by atoms with Gasteiger partial charge in [-0.25, -0.2) is 16.8 Å². The summed E-state index contributed by atoms with van der Waals surface area (Å²) in [7, 11) is -7.79. The second kappa shape index (κ2) is 12.1. The second-order valence-corrected chi connectivity index (χ2v) is 14.7. The number of benzene rings is 1. The van der Waals surface area contributed by atoms with E-state index < -0.39 is 37.9 Å². The minimum atomic E-state index is -4.90. The van der Waals surface area contributed by atoms with Gasteiger partial charge in [0.1, 0.15) is 0 Å². The molecule has 0 unspecified atom stereocenters. The highest BCUT2D eigenvalue weighted by Crippen LogP contribution is 2.39. The first-order valence-corrected chi connectivity index (χ1v) is 16.6. The van der Waals surface area contributed by atoms with Crippen molar-refractivity contribution in [1.82, 2.24) is 13.6 Å². The monoisotopic (exact) mass is 644 g/mol. The molecule has 1 aliphatic heterocycles. The van der Waals surface area contributed by atoms with Crippen molar-refractivity contribution in [2.45, 2.75) is 37.7 Å². The van der Waals surface area contributed by atoms with E-state index in [1.807, 2.05) is 0 Å². The molecule has 0 saturated carbocycles. The Labute approximate surface area is 249 Å². The van der Waals surface area contributed by atoms with Crippen LogP contribution in [0.15, 0.2) is 71.9 Å². The molecule has 1 aromatic carbocycles. The van der Waals surface area contributed by atoms with E-state index in [1.165, 1.54) is 33.0 Å². The van der Waals surface area contributed by atoms with Crippen LogP contribution in [0.1, 0.15) is 24.5 Å². The van der Waals surface area contributed by atoms with Crippen molar-refractivity contribution < 1.29 is 35.1 Å². The fraction of sp³-hybridized carbons (Fsp3) is 0.407. The highest BCUT2D eigenvalue weighted by molar-refractivity contribution is 7.96. The predicted octanol–water partition coefficient (Wildman–Crippen LogP) is 3.35. The Bertz CT molecular complexity index is 1580. The third-order valence-electron chi connectivity index (χ3n) is 7.30. The third kappa shape index (κ3) is 6.92. The first-order valence-electron chi connectivity index (χ1n) is 12.9. The molecule has 1 fully saturated rings. The summed E-state index contributed by atoms with van der Waals surface area (Å²) in [5, 5.41) is 10.1. The SMILES string of the molecule is C[C@@](O)(c1ccc(N2CCN(S(=O)(=O)C3=CC=CCC3=S)C[C@@H]2CN(Cc2cccnc2)S(C)(=O)=O)cc1)C(F)(F)F. The number of sulfonamides is 2. The minimum Gasteiger partial charge on any atom is -0.376 e. The van der Waals surface area contributed by atoms with Gasteiger partial charge in [0.15, 0.2) is 5.60 Å². The Hall–Kier alpha value is -2.69. The van der Waals surface area contributed by atoms with Gasteiger partial charge in [-0.05, 0) is 42.3 Å². The predicted molar refractivity (Wildman–Crippen MR) is 158 cm³/mol. The highest BCUT2D eigenvalue weighted by Gasteiger charge is 2.51. The number of aliphatic hydroxyl groups is 1. The molecule has 0 bridgehead atoms. The van der Waals surface area contributed by atoms with Gasteiger partial charge in [-0.1, -0.05) is 42.6 Å². The smallest absolute Gasteiger partial charge is 0.376 e. The quantitative estimate of drug-likeness (QED) is 0.414. The zero-order valence-corrected chi connectivity index (χ0v) is 25.3. The molecule has 1 saturated heterocycles. The summed E-state index contributed by atoms with van der Waals surface area (Å²) in [6, 6.07) is 7.79. The zero-order valence-electron chi connectivity index (χ0n) is 22.9. The van der Waals surface area contributed by atoms with Gasteiger partial charge < -0.3 is 10.0 Å². The van der Waals surface area contributed by atoms with E-state index in [0.29, 0.717) is 24.6 Å². The van der Waals surface area contributed by atoms with E-state index in [-0.39, 0.29) is 48.1 Å². The van der Waals surface area contributed by atoms with Crippen LogP contribution in [0.2, 0.25) is 0 Å². The molecule has 1 aliphatic carbocycles. The fourth-order valence-electron chi connectivity index (χ4n) is 4.82. The number of pyridine rings is 1. The minimum absolute atomic E-state index is 0.0151. The van der Waals surface area contributed by atoms with Crippen molar-refractivity contribution in [3.63, 3.8) is 0 Å². The van der Waals surface area contributed by atoms with E-state index in [4.69, 9.17) is 12.2 Å². The molecule has 0 spiro atoms. The molecule has 4 rings (SSSR count). The van der Waals surface area contributed by atoms with Crippen molar-refractivity contribution in [1.29, 1.82) is 0 Å². The summed E-state index contributed by atoms with van der Waals surface area (Å²) in [5.74, 6) is 0. The average Bonchev–Trinajstić information content (AvgIpc) is 2.92. The van der Waals surface area contributed by atoms with Crippen molar-refractivity contribution >= 4 is 42.8 Å². The fourth-order valence-corrected chi connectivity index (χ4v) is 7.72.